The lowest BCUT2D eigenvalue weighted by Gasteiger charge is -2.45. The molecule has 0 atom stereocenters. The molecule has 18 aromatic rings. The van der Waals surface area contributed by atoms with E-state index in [-0.39, 0.29) is 17.5 Å². The van der Waals surface area contributed by atoms with Crippen molar-refractivity contribution < 1.29 is 8.83 Å². The lowest BCUT2D eigenvalue weighted by Crippen LogP contribution is -2.61. The number of rotatable bonds is 8. The van der Waals surface area contributed by atoms with E-state index in [0.717, 1.165) is 128 Å². The normalized spacial score (nSPS) is 13.1. The van der Waals surface area contributed by atoms with Crippen molar-refractivity contribution in [3.05, 3.63) is 308 Å². The summed E-state index contributed by atoms with van der Waals surface area (Å²) in [4.78, 5) is 10.1. The summed E-state index contributed by atoms with van der Waals surface area (Å²) in [7, 11) is 0. The summed E-state index contributed by atoms with van der Waals surface area (Å²) in [5.74, 6) is 0. The number of fused-ring (bicyclic) bond motifs is 13. The van der Waals surface area contributed by atoms with Crippen LogP contribution < -0.4 is 36.0 Å². The third-order valence-electron chi connectivity index (χ3n) is 21.4. The van der Waals surface area contributed by atoms with Crippen LogP contribution in [0, 0.1) is 0 Å². The summed E-state index contributed by atoms with van der Waals surface area (Å²) in [6, 6.07) is 111. The molecule has 20 rings (SSSR count). The zero-order valence-corrected chi connectivity index (χ0v) is 56.0. The molecule has 0 N–H and O–H groups in total. The minimum atomic E-state index is -0.320. The van der Waals surface area contributed by atoms with Crippen LogP contribution in [0.2, 0.25) is 0 Å². The van der Waals surface area contributed by atoms with E-state index in [1.54, 1.807) is 0 Å². The van der Waals surface area contributed by atoms with Crippen molar-refractivity contribution in [2.24, 2.45) is 0 Å². The monoisotopic (exact) mass is 1270 g/mol. The Kier molecular flexibility index (Phi) is 12.3. The topological polar surface area (TPSA) is 39.2 Å². The van der Waals surface area contributed by atoms with Gasteiger partial charge in [-0.2, -0.15) is 0 Å². The van der Waals surface area contributed by atoms with Crippen molar-refractivity contribution in [1.29, 1.82) is 0 Å². The summed E-state index contributed by atoms with van der Waals surface area (Å²) in [6.45, 7) is 13.5. The first-order chi connectivity index (χ1) is 48.3. The Morgan fingerprint density at radius 2 is 0.747 bits per heavy atom. The highest BCUT2D eigenvalue weighted by Crippen LogP contribution is 2.53. The molecule has 6 nitrogen and oxygen atoms in total. The molecule has 0 fully saturated rings. The SMILES string of the molecule is CC(C)(C)c1ccc(N2c3cc(N(c4ccc5ccc6cccc7ccc4c5c67)c4cccc5c4oc4ccccc45)ccc3B3c4c2cc(N(c2ccc5ccccc5c2)c2ccc5ccccc5c2)cc4N(c2ccc(C(C)(C)C)cc2)c2ccc4c(oc5ccccc54)c23)cc1. The molecule has 0 saturated heterocycles. The van der Waals surface area contributed by atoms with Crippen LogP contribution >= 0.6 is 0 Å². The van der Waals surface area contributed by atoms with Crippen LogP contribution in [0.25, 0.3) is 97.7 Å². The first-order valence-electron chi connectivity index (χ1n) is 34.6. The van der Waals surface area contributed by atoms with Crippen LogP contribution in [0.1, 0.15) is 52.7 Å². The van der Waals surface area contributed by atoms with Crippen molar-refractivity contribution in [2.75, 3.05) is 19.6 Å². The molecule has 7 heteroatoms. The Balaban J connectivity index is 0.925. The van der Waals surface area contributed by atoms with Gasteiger partial charge in [-0.05, 0) is 196 Å². The van der Waals surface area contributed by atoms with Gasteiger partial charge in [-0.1, -0.05) is 230 Å². The van der Waals surface area contributed by atoms with E-state index in [0.29, 0.717) is 0 Å². The zero-order valence-electron chi connectivity index (χ0n) is 56.0. The van der Waals surface area contributed by atoms with Crippen LogP contribution in [0.4, 0.5) is 68.2 Å². The lowest BCUT2D eigenvalue weighted by atomic mass is 9.33. The van der Waals surface area contributed by atoms with Gasteiger partial charge in [-0.15, -0.1) is 0 Å². The van der Waals surface area contributed by atoms with Gasteiger partial charge >= 0.3 is 0 Å². The van der Waals surface area contributed by atoms with E-state index in [9.17, 15) is 0 Å². The van der Waals surface area contributed by atoms with Crippen molar-refractivity contribution in [3.8, 4) is 0 Å². The Hall–Kier alpha value is -12.1. The summed E-state index contributed by atoms with van der Waals surface area (Å²) in [5.41, 5.74) is 21.7. The van der Waals surface area contributed by atoms with Gasteiger partial charge in [-0.25, -0.2) is 0 Å². The molecule has 16 aromatic carbocycles. The average molecular weight is 1270 g/mol. The fourth-order valence-electron chi connectivity index (χ4n) is 16.6. The molecule has 2 aliphatic rings. The molecule has 0 unspecified atom stereocenters. The standard InChI is InChI=1S/C92H67BN4O2/c1-91(2,3)63-35-41-65(42-36-63)95-78-50-47-74-72-24-12-14-28-84(72)99-90(74)88(78)93-76-48-45-69(97(79-26-16-25-73-71-23-11-13-27-83(71)98-89(73)79)77-49-34-60-30-29-58-21-15-22-59-33-46-75(77)86(60)85(58)59)53-80(76)96(66-43-37-64(38-44-66)92(4,5)6)82-55-70(54-81(95)87(82)93)94(67-39-31-56-17-7-9-19-61(56)51-67)68-40-32-57-18-8-10-20-62(57)52-68/h7-55H,1-6H3. The van der Waals surface area contributed by atoms with Crippen molar-refractivity contribution in [2.45, 2.75) is 52.4 Å². The maximum atomic E-state index is 7.40. The largest absolute Gasteiger partial charge is 0.457 e. The van der Waals surface area contributed by atoms with Crippen LogP contribution in [-0.2, 0) is 10.8 Å². The summed E-state index contributed by atoms with van der Waals surface area (Å²) in [5, 5.41) is 16.3. The number of anilines is 12. The minimum absolute atomic E-state index is 0.0666. The highest BCUT2D eigenvalue weighted by Gasteiger charge is 2.46. The van der Waals surface area contributed by atoms with Gasteiger partial charge in [0.05, 0.1) is 17.1 Å². The Bertz CT molecular complexity index is 6270. The van der Waals surface area contributed by atoms with Crippen LogP contribution in [0.5, 0.6) is 0 Å². The van der Waals surface area contributed by atoms with Gasteiger partial charge < -0.3 is 28.4 Å². The average Bonchev–Trinajstić information content (AvgIpc) is 1.55. The fourth-order valence-corrected chi connectivity index (χ4v) is 16.6. The predicted octanol–water partition coefficient (Wildman–Crippen LogP) is 24.3. The first-order valence-corrected chi connectivity index (χ1v) is 34.6. The number of hydrogen-bond donors (Lipinski definition) is 0. The van der Waals surface area contributed by atoms with Gasteiger partial charge in [0.2, 0.25) is 0 Å². The van der Waals surface area contributed by atoms with Crippen molar-refractivity contribution in [3.63, 3.8) is 0 Å². The van der Waals surface area contributed by atoms with E-state index in [4.69, 9.17) is 8.83 Å². The van der Waals surface area contributed by atoms with Gasteiger partial charge in [0.1, 0.15) is 16.7 Å². The Labute approximate surface area is 574 Å². The summed E-state index contributed by atoms with van der Waals surface area (Å²) >= 11 is 0. The first kappa shape index (κ1) is 57.2. The molecular formula is C92H67BN4O2. The molecule has 2 aromatic heterocycles. The molecule has 0 amide bonds. The van der Waals surface area contributed by atoms with Crippen molar-refractivity contribution in [1.82, 2.24) is 0 Å². The molecule has 2 aliphatic heterocycles. The smallest absolute Gasteiger partial charge is 0.257 e. The van der Waals surface area contributed by atoms with Crippen LogP contribution in [0.15, 0.2) is 306 Å². The van der Waals surface area contributed by atoms with Gasteiger partial charge in [0, 0.05) is 78.1 Å². The molecule has 0 spiro atoms. The molecule has 0 aliphatic carbocycles. The van der Waals surface area contributed by atoms with E-state index >= 15 is 0 Å². The van der Waals surface area contributed by atoms with Gasteiger partial charge in [-0.3, -0.25) is 0 Å². The number of furan rings is 2. The number of hydrogen-bond acceptors (Lipinski definition) is 6. The van der Waals surface area contributed by atoms with E-state index in [1.165, 1.54) is 65.1 Å². The Morgan fingerprint density at radius 3 is 1.36 bits per heavy atom. The highest BCUT2D eigenvalue weighted by molar-refractivity contribution is 7.01. The third-order valence-corrected chi connectivity index (χ3v) is 21.4. The number of nitrogens with zero attached hydrogens (tertiary/aromatic N) is 4. The van der Waals surface area contributed by atoms with E-state index in [2.05, 4.69) is 358 Å². The fraction of sp³-hybridized carbons (Fsp3) is 0.0870. The molecule has 4 heterocycles. The quantitative estimate of drug-likeness (QED) is 0.112. The second-order valence-electron chi connectivity index (χ2n) is 29.2. The van der Waals surface area contributed by atoms with Gasteiger partial charge in [0.25, 0.3) is 6.71 Å². The molecule has 0 bridgehead atoms. The van der Waals surface area contributed by atoms with Crippen LogP contribution in [0.3, 0.4) is 0 Å². The molecular weight excluding hydrogens is 1200 g/mol. The van der Waals surface area contributed by atoms with E-state index < -0.39 is 0 Å². The second kappa shape index (κ2) is 21.2. The number of benzene rings is 16. The molecule has 99 heavy (non-hydrogen) atoms. The highest BCUT2D eigenvalue weighted by atomic mass is 16.3. The van der Waals surface area contributed by atoms with E-state index in [1.807, 2.05) is 0 Å². The summed E-state index contributed by atoms with van der Waals surface area (Å²) in [6.07, 6.45) is 0. The predicted molar refractivity (Wildman–Crippen MR) is 421 cm³/mol. The third kappa shape index (κ3) is 8.76. The number of para-hydroxylation sites is 3. The van der Waals surface area contributed by atoms with Gasteiger partial charge in [0.15, 0.2) is 5.58 Å². The van der Waals surface area contributed by atoms with Crippen LogP contribution in [-0.4, -0.2) is 6.71 Å². The zero-order chi connectivity index (χ0) is 66.2. The summed E-state index contributed by atoms with van der Waals surface area (Å²) < 4.78 is 14.5. The Morgan fingerprint density at radius 1 is 0.293 bits per heavy atom. The molecule has 0 saturated carbocycles. The molecule has 0 radical (unpaired) electrons. The maximum absolute atomic E-state index is 7.40. The van der Waals surface area contributed by atoms with Crippen molar-refractivity contribution >= 4 is 189 Å². The molecule has 470 valence electrons. The minimum Gasteiger partial charge on any atom is -0.457 e. The maximum Gasteiger partial charge on any atom is 0.257 e. The lowest BCUT2D eigenvalue weighted by molar-refractivity contribution is 0.590. The second-order valence-corrected chi connectivity index (χ2v) is 29.2.